The van der Waals surface area contributed by atoms with E-state index < -0.39 is 11.4 Å². The van der Waals surface area contributed by atoms with Crippen LogP contribution in [-0.2, 0) is 4.74 Å². The molecule has 0 saturated carbocycles. The summed E-state index contributed by atoms with van der Waals surface area (Å²) in [5, 5.41) is 10.7. The van der Waals surface area contributed by atoms with Crippen molar-refractivity contribution in [1.29, 1.82) is 0 Å². The highest BCUT2D eigenvalue weighted by atomic mass is 19.1. The number of fused-ring (bicyclic) bond motifs is 1. The molecular formula is C18H27FN6O2. The maximum Gasteiger partial charge on any atom is 0.410 e. The van der Waals surface area contributed by atoms with E-state index in [-0.39, 0.29) is 23.8 Å². The van der Waals surface area contributed by atoms with Crippen molar-refractivity contribution in [3.05, 3.63) is 23.9 Å². The molecule has 3 rings (SSSR count). The summed E-state index contributed by atoms with van der Waals surface area (Å²) in [6.07, 6.45) is 1.35. The lowest BCUT2D eigenvalue weighted by Crippen LogP contribution is -2.61. The van der Waals surface area contributed by atoms with E-state index in [9.17, 15) is 9.18 Å². The monoisotopic (exact) mass is 378 g/mol. The zero-order chi connectivity index (χ0) is 19.8. The van der Waals surface area contributed by atoms with Crippen LogP contribution in [0.3, 0.4) is 0 Å². The summed E-state index contributed by atoms with van der Waals surface area (Å²) in [7, 11) is 0. The molecule has 2 atom stereocenters. The number of hydrogen-bond acceptors (Lipinski definition) is 6. The highest BCUT2D eigenvalue weighted by Crippen LogP contribution is 2.19. The number of nitrogens with one attached hydrogen (secondary N) is 2. The first kappa shape index (κ1) is 19.3. The van der Waals surface area contributed by atoms with Gasteiger partial charge in [0.2, 0.25) is 0 Å². The third-order valence-electron chi connectivity index (χ3n) is 4.33. The van der Waals surface area contributed by atoms with Gasteiger partial charge in [0.15, 0.2) is 11.5 Å². The Balaban J connectivity index is 1.73. The van der Waals surface area contributed by atoms with Crippen LogP contribution in [0.5, 0.6) is 0 Å². The first-order valence-corrected chi connectivity index (χ1v) is 9.12. The predicted octanol–water partition coefficient (Wildman–Crippen LogP) is 2.19. The molecule has 1 aliphatic heterocycles. The van der Waals surface area contributed by atoms with E-state index in [2.05, 4.69) is 20.7 Å². The summed E-state index contributed by atoms with van der Waals surface area (Å²) in [5.41, 5.74) is 0.215. The Kier molecular flexibility index (Phi) is 5.23. The number of carbonyl (C=O) groups is 1. The topological polar surface area (TPSA) is 83.8 Å². The first-order chi connectivity index (χ1) is 12.6. The fourth-order valence-electron chi connectivity index (χ4n) is 3.21. The summed E-state index contributed by atoms with van der Waals surface area (Å²) < 4.78 is 21.2. The molecule has 1 amide bonds. The van der Waals surface area contributed by atoms with Gasteiger partial charge in [-0.15, -0.1) is 0 Å². The zero-order valence-corrected chi connectivity index (χ0v) is 16.4. The Hall–Kier alpha value is -2.42. The van der Waals surface area contributed by atoms with Crippen LogP contribution in [0.2, 0.25) is 0 Å². The van der Waals surface area contributed by atoms with E-state index in [1.807, 2.05) is 27.7 Å². The van der Waals surface area contributed by atoms with Crippen molar-refractivity contribution in [2.75, 3.05) is 25.0 Å². The highest BCUT2D eigenvalue weighted by molar-refractivity contribution is 5.69. The Morgan fingerprint density at radius 1 is 1.44 bits per heavy atom. The SMILES string of the molecule is Cc1nc2c(F)cc(NC[C@@H]3CNC[C@@H](C)N3C(=O)OC(C)(C)C)cn2n1. The second kappa shape index (κ2) is 7.30. The molecule has 1 aliphatic rings. The Bertz CT molecular complexity index is 831. The van der Waals surface area contributed by atoms with Crippen LogP contribution in [0.4, 0.5) is 14.9 Å². The number of ether oxygens (including phenoxy) is 1. The summed E-state index contributed by atoms with van der Waals surface area (Å²) in [6.45, 7) is 11.0. The van der Waals surface area contributed by atoms with Gasteiger partial charge in [-0.05, 0) is 34.6 Å². The van der Waals surface area contributed by atoms with Gasteiger partial charge >= 0.3 is 6.09 Å². The maximum atomic E-state index is 14.2. The molecule has 27 heavy (non-hydrogen) atoms. The van der Waals surface area contributed by atoms with Gasteiger partial charge in [0.1, 0.15) is 11.4 Å². The molecule has 0 aliphatic carbocycles. The van der Waals surface area contributed by atoms with Gasteiger partial charge < -0.3 is 15.4 Å². The smallest absolute Gasteiger partial charge is 0.410 e. The number of aromatic nitrogens is 3. The van der Waals surface area contributed by atoms with Crippen molar-refractivity contribution < 1.29 is 13.9 Å². The molecule has 1 saturated heterocycles. The number of carbonyl (C=O) groups excluding carboxylic acids is 1. The largest absolute Gasteiger partial charge is 0.444 e. The molecule has 3 heterocycles. The number of amides is 1. The van der Waals surface area contributed by atoms with E-state index in [1.165, 1.54) is 10.6 Å². The fraction of sp³-hybridized carbons (Fsp3) is 0.611. The normalized spacial score (nSPS) is 20.7. The van der Waals surface area contributed by atoms with E-state index in [4.69, 9.17) is 4.74 Å². The number of anilines is 1. The summed E-state index contributed by atoms with van der Waals surface area (Å²) in [5.74, 6) is 0.0622. The van der Waals surface area contributed by atoms with Gasteiger partial charge in [0.05, 0.1) is 17.9 Å². The van der Waals surface area contributed by atoms with Gasteiger partial charge in [-0.25, -0.2) is 18.7 Å². The minimum Gasteiger partial charge on any atom is -0.444 e. The van der Waals surface area contributed by atoms with Gasteiger partial charge in [0, 0.05) is 31.7 Å². The number of pyridine rings is 1. The van der Waals surface area contributed by atoms with Crippen LogP contribution in [-0.4, -0.2) is 62.9 Å². The molecule has 8 nitrogen and oxygen atoms in total. The van der Waals surface area contributed by atoms with Crippen molar-refractivity contribution in [2.45, 2.75) is 52.3 Å². The molecule has 9 heteroatoms. The van der Waals surface area contributed by atoms with Crippen molar-refractivity contribution >= 4 is 17.4 Å². The van der Waals surface area contributed by atoms with Crippen molar-refractivity contribution in [2.24, 2.45) is 0 Å². The molecule has 2 aromatic rings. The van der Waals surface area contributed by atoms with E-state index >= 15 is 0 Å². The van der Waals surface area contributed by atoms with Crippen LogP contribution in [0, 0.1) is 12.7 Å². The lowest BCUT2D eigenvalue weighted by atomic mass is 10.1. The van der Waals surface area contributed by atoms with Crippen molar-refractivity contribution in [3.63, 3.8) is 0 Å². The van der Waals surface area contributed by atoms with Crippen LogP contribution < -0.4 is 10.6 Å². The molecule has 148 valence electrons. The van der Waals surface area contributed by atoms with Crippen LogP contribution in [0.15, 0.2) is 12.3 Å². The van der Waals surface area contributed by atoms with Crippen molar-refractivity contribution in [1.82, 2.24) is 24.8 Å². The molecule has 0 bridgehead atoms. The first-order valence-electron chi connectivity index (χ1n) is 9.12. The molecule has 1 fully saturated rings. The van der Waals surface area contributed by atoms with Crippen LogP contribution in [0.1, 0.15) is 33.5 Å². The average Bonchev–Trinajstić information content (AvgIpc) is 2.92. The van der Waals surface area contributed by atoms with Gasteiger partial charge in [0.25, 0.3) is 0 Å². The molecule has 0 unspecified atom stereocenters. The molecule has 0 aromatic carbocycles. The summed E-state index contributed by atoms with van der Waals surface area (Å²) in [6, 6.07) is 1.26. The minimum absolute atomic E-state index is 0.00224. The molecule has 2 aromatic heterocycles. The minimum atomic E-state index is -0.557. The third kappa shape index (κ3) is 4.47. The number of aryl methyl sites for hydroxylation is 1. The summed E-state index contributed by atoms with van der Waals surface area (Å²) >= 11 is 0. The highest BCUT2D eigenvalue weighted by Gasteiger charge is 2.34. The fourth-order valence-corrected chi connectivity index (χ4v) is 3.21. The summed E-state index contributed by atoms with van der Waals surface area (Å²) in [4.78, 5) is 18.4. The van der Waals surface area contributed by atoms with Gasteiger partial charge in [-0.3, -0.25) is 4.90 Å². The van der Waals surface area contributed by atoms with E-state index in [1.54, 1.807) is 18.0 Å². The Labute approximate surface area is 158 Å². The third-order valence-corrected chi connectivity index (χ3v) is 4.33. The molecule has 0 radical (unpaired) electrons. The van der Waals surface area contributed by atoms with Gasteiger partial charge in [-0.1, -0.05) is 0 Å². The lowest BCUT2D eigenvalue weighted by molar-refractivity contribution is 0.00227. The van der Waals surface area contributed by atoms with Gasteiger partial charge in [-0.2, -0.15) is 5.10 Å². The number of halogens is 1. The number of nitrogens with zero attached hydrogens (tertiary/aromatic N) is 4. The molecule has 0 spiro atoms. The Morgan fingerprint density at radius 3 is 2.89 bits per heavy atom. The second-order valence-electron chi connectivity index (χ2n) is 7.93. The van der Waals surface area contributed by atoms with Crippen molar-refractivity contribution in [3.8, 4) is 0 Å². The number of rotatable bonds is 3. The number of hydrogen-bond donors (Lipinski definition) is 2. The van der Waals surface area contributed by atoms with E-state index in [0.717, 1.165) is 0 Å². The molecular weight excluding hydrogens is 351 g/mol. The van der Waals surface area contributed by atoms with Crippen LogP contribution in [0.25, 0.3) is 5.65 Å². The van der Waals surface area contributed by atoms with Crippen LogP contribution >= 0.6 is 0 Å². The average molecular weight is 378 g/mol. The molecule has 2 N–H and O–H groups in total. The lowest BCUT2D eigenvalue weighted by Gasteiger charge is -2.41. The standard InChI is InChI=1S/C18H27FN6O2/c1-11-7-20-8-14(25(11)17(26)27-18(3,4)5)9-21-13-6-15(19)16-22-12(2)23-24(16)10-13/h6,10-11,14,20-21H,7-9H2,1-5H3/t11-,14+/m1/s1. The zero-order valence-electron chi connectivity index (χ0n) is 16.4. The predicted molar refractivity (Wildman–Crippen MR) is 100 cm³/mol. The Morgan fingerprint density at radius 2 is 2.19 bits per heavy atom. The quantitative estimate of drug-likeness (QED) is 0.852. The maximum absolute atomic E-state index is 14.2. The number of piperazine rings is 1. The van der Waals surface area contributed by atoms with E-state index in [0.29, 0.717) is 31.1 Å². The second-order valence-corrected chi connectivity index (χ2v) is 7.93.